The first kappa shape index (κ1) is 70.1. The second-order valence-corrected chi connectivity index (χ2v) is 22.4. The van der Waals surface area contributed by atoms with Crippen molar-refractivity contribution in [2.24, 2.45) is 0 Å². The van der Waals surface area contributed by atoms with Crippen molar-refractivity contribution in [3.63, 3.8) is 0 Å². The summed E-state index contributed by atoms with van der Waals surface area (Å²) < 4.78 is 16.9. The smallest absolute Gasteiger partial charge is 0.306 e. The first-order chi connectivity index (χ1) is 35.5. The molecule has 0 bridgehead atoms. The van der Waals surface area contributed by atoms with Gasteiger partial charge in [0.1, 0.15) is 13.2 Å². The van der Waals surface area contributed by atoms with Crippen LogP contribution < -0.4 is 0 Å². The summed E-state index contributed by atoms with van der Waals surface area (Å²) in [4.78, 5) is 38.1. The van der Waals surface area contributed by atoms with Gasteiger partial charge in [0.25, 0.3) is 0 Å². The molecule has 0 rings (SSSR count). The average Bonchev–Trinajstić information content (AvgIpc) is 3.38. The lowest BCUT2D eigenvalue weighted by atomic mass is 10.0. The van der Waals surface area contributed by atoms with E-state index in [1.54, 1.807) is 0 Å². The molecule has 0 aromatic rings. The molecule has 0 aliphatic heterocycles. The van der Waals surface area contributed by atoms with E-state index < -0.39 is 6.10 Å². The van der Waals surface area contributed by atoms with Crippen LogP contribution in [0.15, 0.2) is 12.2 Å². The van der Waals surface area contributed by atoms with Gasteiger partial charge in [-0.3, -0.25) is 14.4 Å². The van der Waals surface area contributed by atoms with Gasteiger partial charge in [-0.05, 0) is 44.9 Å². The molecule has 426 valence electrons. The molecule has 0 aliphatic rings. The molecule has 0 heterocycles. The maximum Gasteiger partial charge on any atom is 0.306 e. The number of carbonyl (C=O) groups is 3. The van der Waals surface area contributed by atoms with Crippen molar-refractivity contribution in [2.75, 3.05) is 13.2 Å². The van der Waals surface area contributed by atoms with Gasteiger partial charge in [-0.1, -0.05) is 322 Å². The van der Waals surface area contributed by atoms with E-state index in [0.29, 0.717) is 19.3 Å². The van der Waals surface area contributed by atoms with Gasteiger partial charge in [0.05, 0.1) is 0 Å². The summed E-state index contributed by atoms with van der Waals surface area (Å²) in [7, 11) is 0. The highest BCUT2D eigenvalue weighted by Gasteiger charge is 2.19. The maximum absolute atomic E-state index is 12.9. The van der Waals surface area contributed by atoms with E-state index in [1.807, 2.05) is 0 Å². The van der Waals surface area contributed by atoms with E-state index in [4.69, 9.17) is 14.2 Å². The zero-order valence-electron chi connectivity index (χ0n) is 49.0. The largest absolute Gasteiger partial charge is 0.462 e. The van der Waals surface area contributed by atoms with Crippen molar-refractivity contribution in [1.82, 2.24) is 0 Å². The molecule has 0 spiro atoms. The Morgan fingerprint density at radius 1 is 0.264 bits per heavy atom. The molecule has 6 nitrogen and oxygen atoms in total. The van der Waals surface area contributed by atoms with E-state index in [-0.39, 0.29) is 31.1 Å². The van der Waals surface area contributed by atoms with Crippen molar-refractivity contribution in [2.45, 2.75) is 380 Å². The standard InChI is InChI=1S/C66H126O6/c1-4-7-10-13-16-19-21-23-25-27-28-29-30-31-32-33-34-35-36-37-39-40-42-44-47-50-53-56-59-65(68)71-62-63(61-70-64(67)58-55-52-49-46-18-15-12-9-6-3)72-66(69)60-57-54-51-48-45-43-41-38-26-24-22-20-17-14-11-8-5-2/h24,26,63H,4-23,25,27-62H2,1-3H3/b26-24-. The molecule has 0 radical (unpaired) electrons. The monoisotopic (exact) mass is 1010 g/mol. The summed E-state index contributed by atoms with van der Waals surface area (Å²) >= 11 is 0. The number of rotatable bonds is 61. The SMILES string of the molecule is CCCCCCCC/C=C\CCCCCCCCCC(=O)OC(COC(=O)CCCCCCCCCCC)COC(=O)CCCCCCCCCCCCCCCCCCCCCCCCCCCCCC. The predicted octanol–water partition coefficient (Wildman–Crippen LogP) is 22.1. The molecule has 0 aromatic heterocycles. The van der Waals surface area contributed by atoms with Crippen LogP contribution in [0.4, 0.5) is 0 Å². The molecular formula is C66H126O6. The summed E-state index contributed by atoms with van der Waals surface area (Å²) in [6.45, 7) is 6.68. The Morgan fingerprint density at radius 3 is 0.694 bits per heavy atom. The van der Waals surface area contributed by atoms with Crippen LogP contribution in [0, 0.1) is 0 Å². The predicted molar refractivity (Wildman–Crippen MR) is 312 cm³/mol. The molecule has 6 heteroatoms. The van der Waals surface area contributed by atoms with Crippen LogP contribution in [0.3, 0.4) is 0 Å². The fraction of sp³-hybridized carbons (Fsp3) is 0.924. The molecule has 1 atom stereocenters. The first-order valence-electron chi connectivity index (χ1n) is 32.7. The Morgan fingerprint density at radius 2 is 0.458 bits per heavy atom. The van der Waals surface area contributed by atoms with E-state index in [0.717, 1.165) is 57.8 Å². The summed E-state index contributed by atoms with van der Waals surface area (Å²) in [6, 6.07) is 0. The van der Waals surface area contributed by atoms with Crippen molar-refractivity contribution in [3.05, 3.63) is 12.2 Å². The van der Waals surface area contributed by atoms with Crippen LogP contribution in [-0.4, -0.2) is 37.2 Å². The minimum Gasteiger partial charge on any atom is -0.462 e. The Hall–Kier alpha value is -1.85. The third-order valence-corrected chi connectivity index (χ3v) is 15.0. The molecule has 0 aliphatic carbocycles. The van der Waals surface area contributed by atoms with Crippen molar-refractivity contribution in [3.8, 4) is 0 Å². The van der Waals surface area contributed by atoms with E-state index in [9.17, 15) is 14.4 Å². The molecule has 0 amide bonds. The average molecular weight is 1020 g/mol. The van der Waals surface area contributed by atoms with Crippen molar-refractivity contribution >= 4 is 17.9 Å². The number of carbonyl (C=O) groups excluding carboxylic acids is 3. The number of hydrogen-bond donors (Lipinski definition) is 0. The molecule has 72 heavy (non-hydrogen) atoms. The number of ether oxygens (including phenoxy) is 3. The zero-order chi connectivity index (χ0) is 52.2. The lowest BCUT2D eigenvalue weighted by Gasteiger charge is -2.18. The van der Waals surface area contributed by atoms with E-state index >= 15 is 0 Å². The second-order valence-electron chi connectivity index (χ2n) is 22.4. The van der Waals surface area contributed by atoms with Gasteiger partial charge < -0.3 is 14.2 Å². The summed E-state index contributed by atoms with van der Waals surface area (Å²) in [6.07, 6.45) is 72.5. The summed E-state index contributed by atoms with van der Waals surface area (Å²) in [5.41, 5.74) is 0. The third-order valence-electron chi connectivity index (χ3n) is 15.0. The normalized spacial score (nSPS) is 12.0. The van der Waals surface area contributed by atoms with Gasteiger partial charge in [0, 0.05) is 19.3 Å². The van der Waals surface area contributed by atoms with Gasteiger partial charge in [0.15, 0.2) is 6.10 Å². The van der Waals surface area contributed by atoms with Gasteiger partial charge in [-0.25, -0.2) is 0 Å². The zero-order valence-corrected chi connectivity index (χ0v) is 49.0. The molecule has 0 saturated heterocycles. The summed E-state index contributed by atoms with van der Waals surface area (Å²) in [5.74, 6) is -0.846. The van der Waals surface area contributed by atoms with E-state index in [1.165, 1.54) is 276 Å². The van der Waals surface area contributed by atoms with Crippen LogP contribution >= 0.6 is 0 Å². The Balaban J connectivity index is 4.07. The first-order valence-corrected chi connectivity index (χ1v) is 32.7. The Kier molecular flexibility index (Phi) is 60.1. The molecule has 0 fully saturated rings. The van der Waals surface area contributed by atoms with Gasteiger partial charge in [-0.2, -0.15) is 0 Å². The van der Waals surface area contributed by atoms with Crippen LogP contribution in [0.5, 0.6) is 0 Å². The van der Waals surface area contributed by atoms with Crippen LogP contribution in [0.25, 0.3) is 0 Å². The van der Waals surface area contributed by atoms with Gasteiger partial charge >= 0.3 is 17.9 Å². The minimum atomic E-state index is -0.767. The third kappa shape index (κ3) is 59.0. The highest BCUT2D eigenvalue weighted by Crippen LogP contribution is 2.18. The van der Waals surface area contributed by atoms with Crippen molar-refractivity contribution in [1.29, 1.82) is 0 Å². The Labute approximate surface area is 450 Å². The van der Waals surface area contributed by atoms with Crippen LogP contribution in [0.1, 0.15) is 374 Å². The quantitative estimate of drug-likeness (QED) is 0.0261. The fourth-order valence-electron chi connectivity index (χ4n) is 10.1. The van der Waals surface area contributed by atoms with Gasteiger partial charge in [0.2, 0.25) is 0 Å². The number of allylic oxidation sites excluding steroid dienone is 2. The lowest BCUT2D eigenvalue weighted by molar-refractivity contribution is -0.167. The molecule has 0 saturated carbocycles. The number of esters is 3. The summed E-state index contributed by atoms with van der Waals surface area (Å²) in [5, 5.41) is 0. The fourth-order valence-corrected chi connectivity index (χ4v) is 10.1. The van der Waals surface area contributed by atoms with Crippen LogP contribution in [-0.2, 0) is 28.6 Å². The molecular weight excluding hydrogens is 889 g/mol. The highest BCUT2D eigenvalue weighted by molar-refractivity contribution is 5.71. The molecule has 0 aromatic carbocycles. The van der Waals surface area contributed by atoms with E-state index in [2.05, 4.69) is 32.9 Å². The Bertz CT molecular complexity index is 1120. The lowest BCUT2D eigenvalue weighted by Crippen LogP contribution is -2.30. The van der Waals surface area contributed by atoms with Crippen LogP contribution in [0.2, 0.25) is 0 Å². The van der Waals surface area contributed by atoms with Crippen molar-refractivity contribution < 1.29 is 28.6 Å². The molecule has 1 unspecified atom stereocenters. The highest BCUT2D eigenvalue weighted by atomic mass is 16.6. The topological polar surface area (TPSA) is 78.9 Å². The minimum absolute atomic E-state index is 0.0658. The maximum atomic E-state index is 12.9. The molecule has 0 N–H and O–H groups in total. The van der Waals surface area contributed by atoms with Gasteiger partial charge in [-0.15, -0.1) is 0 Å². The second kappa shape index (κ2) is 61.7. The number of unbranched alkanes of at least 4 members (excludes halogenated alkanes) is 48. The number of hydrogen-bond acceptors (Lipinski definition) is 6.